The molecule has 10 aliphatic carbocycles. The smallest absolute Gasteiger partial charge is 0.407 e. The summed E-state index contributed by atoms with van der Waals surface area (Å²) in [6, 6.07) is 0.636. The number of aliphatic hydroxyl groups is 3. The monoisotopic (exact) mass is 947 g/mol. The van der Waals surface area contributed by atoms with Crippen molar-refractivity contribution >= 4 is 11.9 Å². The summed E-state index contributed by atoms with van der Waals surface area (Å²) in [6.45, 7) is 16.0. The first kappa shape index (κ1) is 50.3. The van der Waals surface area contributed by atoms with E-state index in [2.05, 4.69) is 52.2 Å². The molecule has 9 nitrogen and oxygen atoms in total. The van der Waals surface area contributed by atoms with Crippen molar-refractivity contribution in [3.8, 4) is 0 Å². The van der Waals surface area contributed by atoms with Gasteiger partial charge in [-0.25, -0.2) is 4.79 Å². The number of Topliss-reactive ketones (excluding diaryl/α,β-unsaturated/α-hetero) is 1. The molecule has 0 aromatic heterocycles. The molecule has 386 valence electrons. The molecule has 0 heterocycles. The van der Waals surface area contributed by atoms with Crippen molar-refractivity contribution in [1.29, 1.82) is 0 Å². The van der Waals surface area contributed by atoms with E-state index in [-0.39, 0.29) is 58.3 Å². The molecule has 0 saturated heterocycles. The Morgan fingerprint density at radius 2 is 1.28 bits per heavy atom. The fourth-order valence-electron chi connectivity index (χ4n) is 20.8. The van der Waals surface area contributed by atoms with E-state index in [1.165, 1.54) is 57.8 Å². The summed E-state index contributed by atoms with van der Waals surface area (Å²) < 4.78 is 12.4. The number of nitrogens with one attached hydrogen (secondary N) is 2. The maximum absolute atomic E-state index is 14.9. The molecule has 1 unspecified atom stereocenters. The molecule has 0 radical (unpaired) electrons. The standard InChI is InChI=1S/C59H98N2O7/c1-7-42-51-32-41(63)23-27-59(51,6)49-25-29-57(4)45(19-21-48(57)52(49)53(42)64)37(34-68-55(66)60-38-14-9-8-10-15-38)13-11-12-36-30-43-46-20-18-44(35(2)33-67-54(65)61-39-16-17-39)56(46,3)28-24-47(43)58(5)26-22-40(62)31-50(36)58/h35-52,54,61-63,65H,7-34H2,1-6H3,(H,60,66)/t35-,36+,37-,40-,41-,42-,43+,44-,45-,46+,47+,48+,49+,50+,51+,52+,54?,56-,57-,58-,59-/m1/s1. The Balaban J connectivity index is 0.859. The molecule has 0 bridgehead atoms. The summed E-state index contributed by atoms with van der Waals surface area (Å²) in [5, 5.41) is 39.3. The van der Waals surface area contributed by atoms with Gasteiger partial charge in [0, 0.05) is 23.9 Å². The third kappa shape index (κ3) is 9.13. The van der Waals surface area contributed by atoms with Crippen LogP contribution in [0.2, 0.25) is 0 Å². The molecule has 1 amide bonds. The van der Waals surface area contributed by atoms with Crippen LogP contribution in [0.15, 0.2) is 0 Å². The van der Waals surface area contributed by atoms with Crippen LogP contribution in [0.1, 0.15) is 208 Å². The van der Waals surface area contributed by atoms with Crippen LogP contribution < -0.4 is 10.6 Å². The lowest BCUT2D eigenvalue weighted by Crippen LogP contribution is -2.60. The van der Waals surface area contributed by atoms with Crippen molar-refractivity contribution < 1.29 is 34.4 Å². The zero-order valence-electron chi connectivity index (χ0n) is 43.7. The minimum atomic E-state index is -0.861. The zero-order valence-corrected chi connectivity index (χ0v) is 43.7. The summed E-state index contributed by atoms with van der Waals surface area (Å²) in [6.07, 6.45) is 27.3. The first-order valence-corrected chi connectivity index (χ1v) is 29.5. The van der Waals surface area contributed by atoms with Crippen molar-refractivity contribution in [1.82, 2.24) is 10.6 Å². The predicted octanol–water partition coefficient (Wildman–Crippen LogP) is 11.6. The summed E-state index contributed by atoms with van der Waals surface area (Å²) in [4.78, 5) is 28.5. The van der Waals surface area contributed by atoms with Gasteiger partial charge in [0.2, 0.25) is 6.41 Å². The predicted molar refractivity (Wildman–Crippen MR) is 267 cm³/mol. The first-order valence-electron chi connectivity index (χ1n) is 29.5. The van der Waals surface area contributed by atoms with Crippen molar-refractivity contribution in [3.05, 3.63) is 0 Å². The van der Waals surface area contributed by atoms with E-state index in [4.69, 9.17) is 9.47 Å². The van der Waals surface area contributed by atoms with Crippen LogP contribution in [-0.4, -0.2) is 71.1 Å². The van der Waals surface area contributed by atoms with Gasteiger partial charge >= 0.3 is 6.09 Å². The Hall–Kier alpha value is -1.26. The lowest BCUT2D eigenvalue weighted by molar-refractivity contribution is -0.173. The van der Waals surface area contributed by atoms with Crippen LogP contribution in [0.25, 0.3) is 0 Å². The number of hydrogen-bond acceptors (Lipinski definition) is 8. The number of ketones is 1. The quantitative estimate of drug-likeness (QED) is 0.102. The van der Waals surface area contributed by atoms with Crippen LogP contribution in [0.5, 0.6) is 0 Å². The van der Waals surface area contributed by atoms with E-state index < -0.39 is 6.41 Å². The van der Waals surface area contributed by atoms with Gasteiger partial charge in [-0.05, 0) is 228 Å². The number of carbonyl (C=O) groups is 2. The maximum atomic E-state index is 14.9. The Labute approximate surface area is 412 Å². The molecule has 9 heteroatoms. The zero-order chi connectivity index (χ0) is 47.8. The largest absolute Gasteiger partial charge is 0.449 e. The number of carbonyl (C=O) groups excluding carboxylic acids is 2. The van der Waals surface area contributed by atoms with Crippen LogP contribution in [0.4, 0.5) is 4.79 Å². The van der Waals surface area contributed by atoms with Gasteiger partial charge in [-0.15, -0.1) is 0 Å². The van der Waals surface area contributed by atoms with Gasteiger partial charge in [-0.2, -0.15) is 0 Å². The summed E-state index contributed by atoms with van der Waals surface area (Å²) in [5.41, 5.74) is 0.724. The second-order valence-electron chi connectivity index (χ2n) is 27.4. The fourth-order valence-corrected chi connectivity index (χ4v) is 20.8. The Bertz CT molecular complexity index is 1770. The molecule has 5 N–H and O–H groups in total. The van der Waals surface area contributed by atoms with Crippen molar-refractivity contribution in [2.75, 3.05) is 13.2 Å². The summed E-state index contributed by atoms with van der Waals surface area (Å²) in [7, 11) is 0. The Morgan fingerprint density at radius 3 is 1.99 bits per heavy atom. The van der Waals surface area contributed by atoms with Gasteiger partial charge < -0.3 is 30.1 Å². The highest BCUT2D eigenvalue weighted by Crippen LogP contribution is 2.71. The highest BCUT2D eigenvalue weighted by Gasteiger charge is 2.66. The molecule has 0 aliphatic heterocycles. The highest BCUT2D eigenvalue weighted by molar-refractivity contribution is 5.86. The van der Waals surface area contributed by atoms with E-state index in [0.29, 0.717) is 77.8 Å². The molecule has 10 aliphatic rings. The molecule has 0 spiro atoms. The molecular formula is C59H98N2O7. The number of fused-ring (bicyclic) bond motifs is 10. The number of ether oxygens (including phenoxy) is 2. The first-order chi connectivity index (χ1) is 32.6. The molecule has 68 heavy (non-hydrogen) atoms. The topological polar surface area (TPSA) is 137 Å². The van der Waals surface area contributed by atoms with Gasteiger partial charge in [0.15, 0.2) is 0 Å². The lowest BCUT2D eigenvalue weighted by Gasteiger charge is -2.63. The molecule has 0 aromatic rings. The maximum Gasteiger partial charge on any atom is 0.407 e. The van der Waals surface area contributed by atoms with Gasteiger partial charge in [0.05, 0.1) is 25.4 Å². The van der Waals surface area contributed by atoms with Gasteiger partial charge in [0.25, 0.3) is 0 Å². The minimum absolute atomic E-state index is 0.0457. The van der Waals surface area contributed by atoms with Crippen molar-refractivity contribution in [2.45, 2.75) is 239 Å². The van der Waals surface area contributed by atoms with Crippen LogP contribution in [0.3, 0.4) is 0 Å². The number of amides is 1. The van der Waals surface area contributed by atoms with Gasteiger partial charge in [0.1, 0.15) is 5.78 Å². The van der Waals surface area contributed by atoms with E-state index in [1.54, 1.807) is 0 Å². The van der Waals surface area contributed by atoms with Gasteiger partial charge in [-0.1, -0.05) is 73.6 Å². The summed E-state index contributed by atoms with van der Waals surface area (Å²) >= 11 is 0. The minimum Gasteiger partial charge on any atom is -0.449 e. The van der Waals surface area contributed by atoms with E-state index in [0.717, 1.165) is 127 Å². The molecule has 21 atom stereocenters. The van der Waals surface area contributed by atoms with E-state index in [9.17, 15) is 24.9 Å². The van der Waals surface area contributed by atoms with E-state index >= 15 is 0 Å². The Morgan fingerprint density at radius 1 is 0.676 bits per heavy atom. The van der Waals surface area contributed by atoms with Crippen molar-refractivity contribution in [3.63, 3.8) is 0 Å². The Kier molecular flexibility index (Phi) is 14.7. The average molecular weight is 947 g/mol. The number of alkyl carbamates (subject to hydrolysis) is 1. The van der Waals surface area contributed by atoms with Crippen LogP contribution in [0, 0.1) is 105 Å². The average Bonchev–Trinajstić information content (AvgIpc) is 3.95. The SMILES string of the molecule is CC[C@H]1C(=O)[C@@H]2[C@H](CC[C@]3(C)[C@@H]([C@H](CCC[C@H]4C[C@@H]5[C@H](CC[C@]6(C)[C@@H]([C@H](C)COC(O)NC7CC7)CC[C@@H]56)[C@@]5(C)CC[C@@H](O)C[C@@H]45)COC(=O)NC4CCCCC4)CC[C@@H]23)[C@@]2(C)CC[C@@H](O)C[C@@H]12. The number of rotatable bonds is 15. The summed E-state index contributed by atoms with van der Waals surface area (Å²) in [5.74, 6) is 6.80. The third-order valence-corrected chi connectivity index (χ3v) is 24.3. The fraction of sp³-hybridized carbons (Fsp3) is 0.966. The van der Waals surface area contributed by atoms with E-state index in [1.807, 2.05) is 0 Å². The van der Waals surface area contributed by atoms with Gasteiger partial charge in [-0.3, -0.25) is 10.1 Å². The number of hydrogen-bond donors (Lipinski definition) is 5. The van der Waals surface area contributed by atoms with Crippen LogP contribution in [-0.2, 0) is 14.3 Å². The molecule has 10 rings (SSSR count). The lowest BCUT2D eigenvalue weighted by atomic mass is 9.41. The van der Waals surface area contributed by atoms with Crippen molar-refractivity contribution in [2.24, 2.45) is 105 Å². The highest BCUT2D eigenvalue weighted by atomic mass is 16.6. The van der Waals surface area contributed by atoms with Crippen LogP contribution >= 0.6 is 0 Å². The molecule has 0 aromatic carbocycles. The molecular weight excluding hydrogens is 849 g/mol. The normalized spacial score (nSPS) is 48.2. The third-order valence-electron chi connectivity index (χ3n) is 24.3. The second kappa shape index (κ2) is 19.9. The second-order valence-corrected chi connectivity index (χ2v) is 27.4. The molecule has 10 fully saturated rings. The number of aliphatic hydroxyl groups excluding tert-OH is 3. The molecule has 10 saturated carbocycles.